The van der Waals surface area contributed by atoms with Crippen molar-refractivity contribution in [2.45, 2.75) is 51.6 Å². The maximum absolute atomic E-state index is 13.3. The van der Waals surface area contributed by atoms with E-state index in [1.165, 1.54) is 0 Å². The van der Waals surface area contributed by atoms with Crippen LogP contribution in [0.25, 0.3) is 22.2 Å². The number of carbonyl (C=O) groups is 2. The van der Waals surface area contributed by atoms with Crippen LogP contribution < -0.4 is 10.6 Å². The van der Waals surface area contributed by atoms with E-state index in [9.17, 15) is 9.59 Å². The molecule has 2 atom stereocenters. The molecule has 2 unspecified atom stereocenters. The van der Waals surface area contributed by atoms with Gasteiger partial charge in [0.25, 0.3) is 5.91 Å². The lowest BCUT2D eigenvalue weighted by Gasteiger charge is -2.29. The van der Waals surface area contributed by atoms with Gasteiger partial charge in [-0.15, -0.1) is 0 Å². The SMILES string of the molecule is CC(C)NC(=O)C1CCCC(NC(=O)c2cc(-c3ccncc3)nc3ccccc23)C1. The Kier molecular flexibility index (Phi) is 6.26. The highest BCUT2D eigenvalue weighted by atomic mass is 16.2. The minimum Gasteiger partial charge on any atom is -0.354 e. The Labute approximate surface area is 182 Å². The summed E-state index contributed by atoms with van der Waals surface area (Å²) >= 11 is 0. The summed E-state index contributed by atoms with van der Waals surface area (Å²) in [6.45, 7) is 3.93. The van der Waals surface area contributed by atoms with Crippen molar-refractivity contribution in [2.75, 3.05) is 0 Å². The molecule has 0 aliphatic heterocycles. The van der Waals surface area contributed by atoms with Crippen molar-refractivity contribution >= 4 is 22.7 Å². The number of para-hydroxylation sites is 1. The summed E-state index contributed by atoms with van der Waals surface area (Å²) in [4.78, 5) is 34.6. The summed E-state index contributed by atoms with van der Waals surface area (Å²) in [5, 5.41) is 7.01. The van der Waals surface area contributed by atoms with E-state index >= 15 is 0 Å². The van der Waals surface area contributed by atoms with Crippen LogP contribution in [0.1, 0.15) is 49.9 Å². The highest BCUT2D eigenvalue weighted by Crippen LogP contribution is 2.27. The molecule has 1 saturated carbocycles. The van der Waals surface area contributed by atoms with Crippen molar-refractivity contribution in [3.8, 4) is 11.3 Å². The first-order valence-electron chi connectivity index (χ1n) is 10.9. The van der Waals surface area contributed by atoms with E-state index in [0.29, 0.717) is 12.0 Å². The first kappa shape index (κ1) is 21.0. The lowest BCUT2D eigenvalue weighted by molar-refractivity contribution is -0.126. The van der Waals surface area contributed by atoms with Crippen LogP contribution in [0.4, 0.5) is 0 Å². The summed E-state index contributed by atoms with van der Waals surface area (Å²) in [6.07, 6.45) is 6.80. The third-order valence-electron chi connectivity index (χ3n) is 5.75. The van der Waals surface area contributed by atoms with Crippen LogP contribution in [-0.4, -0.2) is 33.9 Å². The molecule has 31 heavy (non-hydrogen) atoms. The van der Waals surface area contributed by atoms with Gasteiger partial charge in [0, 0.05) is 41.3 Å². The highest BCUT2D eigenvalue weighted by molar-refractivity contribution is 6.07. The van der Waals surface area contributed by atoms with Crippen LogP contribution >= 0.6 is 0 Å². The number of hydrogen-bond acceptors (Lipinski definition) is 4. The van der Waals surface area contributed by atoms with E-state index in [4.69, 9.17) is 4.98 Å². The van der Waals surface area contributed by atoms with Gasteiger partial charge in [-0.3, -0.25) is 14.6 Å². The van der Waals surface area contributed by atoms with Gasteiger partial charge in [0.1, 0.15) is 0 Å². The van der Waals surface area contributed by atoms with Crippen molar-refractivity contribution < 1.29 is 9.59 Å². The van der Waals surface area contributed by atoms with Gasteiger partial charge in [0.2, 0.25) is 5.91 Å². The summed E-state index contributed by atoms with van der Waals surface area (Å²) in [5.74, 6) is -0.0879. The summed E-state index contributed by atoms with van der Waals surface area (Å²) in [6, 6.07) is 13.4. The molecule has 0 radical (unpaired) electrons. The number of carbonyl (C=O) groups excluding carboxylic acids is 2. The topological polar surface area (TPSA) is 84.0 Å². The van der Waals surface area contributed by atoms with Crippen LogP contribution in [-0.2, 0) is 4.79 Å². The van der Waals surface area contributed by atoms with Gasteiger partial charge in [-0.25, -0.2) is 4.98 Å². The second-order valence-electron chi connectivity index (χ2n) is 8.51. The number of hydrogen-bond donors (Lipinski definition) is 2. The Morgan fingerprint density at radius 1 is 1.06 bits per heavy atom. The van der Waals surface area contributed by atoms with Crippen molar-refractivity contribution in [3.05, 3.63) is 60.4 Å². The summed E-state index contributed by atoms with van der Waals surface area (Å²) in [7, 11) is 0. The molecule has 1 aromatic carbocycles. The van der Waals surface area contributed by atoms with E-state index in [1.807, 2.05) is 56.3 Å². The number of benzene rings is 1. The number of fused-ring (bicyclic) bond motifs is 1. The van der Waals surface area contributed by atoms with E-state index in [-0.39, 0.29) is 29.8 Å². The molecule has 0 bridgehead atoms. The molecular formula is C25H28N4O2. The second kappa shape index (κ2) is 9.25. The monoisotopic (exact) mass is 416 g/mol. The molecular weight excluding hydrogens is 388 g/mol. The minimum atomic E-state index is -0.121. The first-order chi connectivity index (χ1) is 15.0. The normalized spacial score (nSPS) is 18.7. The van der Waals surface area contributed by atoms with Gasteiger partial charge in [0.05, 0.1) is 16.8 Å². The average Bonchev–Trinajstić information content (AvgIpc) is 2.78. The van der Waals surface area contributed by atoms with Gasteiger partial charge in [-0.2, -0.15) is 0 Å². The average molecular weight is 417 g/mol. The Morgan fingerprint density at radius 2 is 1.84 bits per heavy atom. The van der Waals surface area contributed by atoms with Crippen molar-refractivity contribution in [1.82, 2.24) is 20.6 Å². The predicted molar refractivity (Wildman–Crippen MR) is 121 cm³/mol. The largest absolute Gasteiger partial charge is 0.354 e. The second-order valence-corrected chi connectivity index (χ2v) is 8.51. The number of nitrogens with one attached hydrogen (secondary N) is 2. The number of amides is 2. The highest BCUT2D eigenvalue weighted by Gasteiger charge is 2.29. The van der Waals surface area contributed by atoms with Gasteiger partial charge in [-0.05, 0) is 57.4 Å². The molecule has 2 heterocycles. The van der Waals surface area contributed by atoms with Crippen LogP contribution in [0.15, 0.2) is 54.9 Å². The molecule has 160 valence electrons. The number of rotatable bonds is 5. The molecule has 2 N–H and O–H groups in total. The molecule has 6 heteroatoms. The standard InChI is InChI=1S/C25H28N4O2/c1-16(2)27-24(30)18-6-5-7-19(14-18)28-25(31)21-15-23(17-10-12-26-13-11-17)29-22-9-4-3-8-20(21)22/h3-4,8-13,15-16,18-19H,5-7,14H2,1-2H3,(H,27,30)(H,28,31). The predicted octanol–water partition coefficient (Wildman–Crippen LogP) is 4.11. The lowest BCUT2D eigenvalue weighted by Crippen LogP contribution is -2.43. The van der Waals surface area contributed by atoms with Crippen molar-refractivity contribution in [3.63, 3.8) is 0 Å². The fourth-order valence-corrected chi connectivity index (χ4v) is 4.26. The van der Waals surface area contributed by atoms with E-state index in [2.05, 4.69) is 15.6 Å². The Hall–Kier alpha value is -3.28. The molecule has 0 spiro atoms. The first-order valence-corrected chi connectivity index (χ1v) is 10.9. The van der Waals surface area contributed by atoms with Crippen LogP contribution in [0.2, 0.25) is 0 Å². The Morgan fingerprint density at radius 3 is 2.61 bits per heavy atom. The van der Waals surface area contributed by atoms with Crippen LogP contribution in [0.3, 0.4) is 0 Å². The molecule has 3 aromatic rings. The van der Waals surface area contributed by atoms with Gasteiger partial charge in [0.15, 0.2) is 0 Å². The number of nitrogens with zero attached hydrogens (tertiary/aromatic N) is 2. The fraction of sp³-hybridized carbons (Fsp3) is 0.360. The zero-order chi connectivity index (χ0) is 21.8. The maximum atomic E-state index is 13.3. The smallest absolute Gasteiger partial charge is 0.252 e. The summed E-state index contributed by atoms with van der Waals surface area (Å²) in [5.41, 5.74) is 3.04. The third kappa shape index (κ3) is 4.90. The maximum Gasteiger partial charge on any atom is 0.252 e. The Bertz CT molecular complexity index is 1080. The van der Waals surface area contributed by atoms with E-state index < -0.39 is 0 Å². The summed E-state index contributed by atoms with van der Waals surface area (Å²) < 4.78 is 0. The lowest BCUT2D eigenvalue weighted by atomic mass is 9.84. The molecule has 0 saturated heterocycles. The molecule has 1 aliphatic carbocycles. The zero-order valence-corrected chi connectivity index (χ0v) is 18.0. The van der Waals surface area contributed by atoms with Crippen molar-refractivity contribution in [1.29, 1.82) is 0 Å². The van der Waals surface area contributed by atoms with Gasteiger partial charge >= 0.3 is 0 Å². The molecule has 4 rings (SSSR count). The quantitative estimate of drug-likeness (QED) is 0.656. The van der Waals surface area contributed by atoms with E-state index in [0.717, 1.165) is 41.4 Å². The molecule has 1 aliphatic rings. The molecule has 1 fully saturated rings. The van der Waals surface area contributed by atoms with Crippen molar-refractivity contribution in [2.24, 2.45) is 5.92 Å². The third-order valence-corrected chi connectivity index (χ3v) is 5.75. The number of aromatic nitrogens is 2. The Balaban J connectivity index is 1.58. The zero-order valence-electron chi connectivity index (χ0n) is 18.0. The fourth-order valence-electron chi connectivity index (χ4n) is 4.26. The number of pyridine rings is 2. The molecule has 2 amide bonds. The van der Waals surface area contributed by atoms with Gasteiger partial charge < -0.3 is 10.6 Å². The van der Waals surface area contributed by atoms with E-state index in [1.54, 1.807) is 12.4 Å². The molecule has 2 aromatic heterocycles. The molecule has 6 nitrogen and oxygen atoms in total. The van der Waals surface area contributed by atoms with Crippen LogP contribution in [0, 0.1) is 5.92 Å². The van der Waals surface area contributed by atoms with Crippen LogP contribution in [0.5, 0.6) is 0 Å². The minimum absolute atomic E-state index is 0.0135. The van der Waals surface area contributed by atoms with Gasteiger partial charge in [-0.1, -0.05) is 24.6 Å².